The molecule has 1 atom stereocenters. The Bertz CT molecular complexity index is 311. The average molecular weight is 224 g/mol. The monoisotopic (exact) mass is 224 g/mol. The highest BCUT2D eigenvalue weighted by atomic mass is 32.2. The van der Waals surface area contributed by atoms with Gasteiger partial charge < -0.3 is 5.32 Å². The molecule has 0 aliphatic carbocycles. The van der Waals surface area contributed by atoms with E-state index in [4.69, 9.17) is 0 Å². The van der Waals surface area contributed by atoms with Gasteiger partial charge >= 0.3 is 0 Å². The lowest BCUT2D eigenvalue weighted by Crippen LogP contribution is -2.31. The molecule has 1 rings (SSSR count). The predicted molar refractivity (Wildman–Crippen MR) is 67.1 cm³/mol. The summed E-state index contributed by atoms with van der Waals surface area (Å²) in [5, 5.41) is 3.00. The van der Waals surface area contributed by atoms with Gasteiger partial charge in [-0.3, -0.25) is 4.79 Å². The van der Waals surface area contributed by atoms with Crippen molar-refractivity contribution in [3.63, 3.8) is 0 Å². The van der Waals surface area contributed by atoms with Crippen LogP contribution in [0.3, 0.4) is 0 Å². The molecule has 82 valence electrons. The molecule has 0 aliphatic rings. The zero-order valence-corrected chi connectivity index (χ0v) is 10.3. The molecular weight excluding hydrogens is 206 g/mol. The highest BCUT2D eigenvalue weighted by Crippen LogP contribution is 2.10. The number of hydrogen-bond donors (Lipinski definition) is 1. The molecule has 0 fully saturated rings. The Labute approximate surface area is 94.4 Å². The maximum atomic E-state index is 11.5. The van der Waals surface area contributed by atoms with Crippen molar-refractivity contribution in [3.05, 3.63) is 35.9 Å². The lowest BCUT2D eigenvalue weighted by Gasteiger charge is -2.13. The van der Waals surface area contributed by atoms with Gasteiger partial charge in [0.1, 0.15) is 0 Å². The van der Waals surface area contributed by atoms with Crippen molar-refractivity contribution in [2.24, 2.45) is 0 Å². The van der Waals surface area contributed by atoms with Crippen molar-refractivity contribution in [1.29, 1.82) is 0 Å². The van der Waals surface area contributed by atoms with Crippen LogP contribution in [-0.2, 0) is 15.7 Å². The molecule has 1 aromatic carbocycles. The summed E-state index contributed by atoms with van der Waals surface area (Å²) in [4.78, 5) is 11.5. The summed E-state index contributed by atoms with van der Waals surface area (Å²) in [7, 11) is 0.169. The van der Waals surface area contributed by atoms with Crippen LogP contribution in [0.4, 0.5) is 0 Å². The quantitative estimate of drug-likeness (QED) is 0.776. The molecule has 0 saturated heterocycles. The van der Waals surface area contributed by atoms with E-state index in [2.05, 4.69) is 17.8 Å². The third-order valence-corrected chi connectivity index (χ3v) is 2.94. The van der Waals surface area contributed by atoms with Crippen molar-refractivity contribution < 1.29 is 4.79 Å². The van der Waals surface area contributed by atoms with Crippen molar-refractivity contribution in [3.8, 4) is 0 Å². The third kappa shape index (κ3) is 4.38. The molecule has 1 N–H and O–H groups in total. The zero-order valence-electron chi connectivity index (χ0n) is 9.49. The first kappa shape index (κ1) is 12.1. The van der Waals surface area contributed by atoms with E-state index in [1.54, 1.807) is 0 Å². The molecule has 1 aromatic rings. The first-order chi connectivity index (χ1) is 7.09. The van der Waals surface area contributed by atoms with Crippen LogP contribution in [0.15, 0.2) is 30.3 Å². The minimum Gasteiger partial charge on any atom is -0.345 e. The Morgan fingerprint density at radius 2 is 1.93 bits per heavy atom. The normalized spacial score (nSPS) is 12.5. The molecule has 15 heavy (non-hydrogen) atoms. The molecule has 0 saturated carbocycles. The van der Waals surface area contributed by atoms with Gasteiger partial charge in [0.2, 0.25) is 0 Å². The number of carbonyl (C=O) groups excluding carboxylic acids is 1. The second kappa shape index (κ2) is 5.81. The van der Waals surface area contributed by atoms with E-state index < -0.39 is 0 Å². The summed E-state index contributed by atoms with van der Waals surface area (Å²) in [6.07, 6.45) is 4.15. The smallest absolute Gasteiger partial charge is 0.270 e. The van der Waals surface area contributed by atoms with E-state index in [0.29, 0.717) is 5.75 Å². The second-order valence-corrected chi connectivity index (χ2v) is 6.09. The molecule has 2 nitrogen and oxygen atoms in total. The van der Waals surface area contributed by atoms with Gasteiger partial charge in [-0.2, -0.15) is 0 Å². The van der Waals surface area contributed by atoms with Crippen LogP contribution < -0.4 is 5.32 Å². The minimum absolute atomic E-state index is 0.0993. The maximum Gasteiger partial charge on any atom is 0.270 e. The number of rotatable bonds is 4. The zero-order chi connectivity index (χ0) is 11.3. The van der Waals surface area contributed by atoms with Crippen LogP contribution in [0.2, 0.25) is 0 Å². The van der Waals surface area contributed by atoms with E-state index in [0.717, 1.165) is 5.56 Å². The van der Waals surface area contributed by atoms with Gasteiger partial charge in [0.25, 0.3) is 5.91 Å². The molecule has 3 heteroatoms. The van der Waals surface area contributed by atoms with Crippen LogP contribution in [0.5, 0.6) is 0 Å². The van der Waals surface area contributed by atoms with Crippen LogP contribution in [-0.4, -0.2) is 24.2 Å². The molecule has 0 radical (unpaired) electrons. The van der Waals surface area contributed by atoms with E-state index in [9.17, 15) is 4.79 Å². The number of nitrogens with one attached hydrogen (secondary N) is 1. The molecule has 0 unspecified atom stereocenters. The van der Waals surface area contributed by atoms with Gasteiger partial charge in [-0.15, -0.1) is 0 Å². The largest absolute Gasteiger partial charge is 0.345 e. The van der Waals surface area contributed by atoms with Crippen molar-refractivity contribution in [1.82, 2.24) is 5.32 Å². The Balaban J connectivity index is 2.49. The molecule has 1 amide bonds. The molecule has 0 spiro atoms. The van der Waals surface area contributed by atoms with E-state index in [1.807, 2.05) is 37.3 Å². The lowest BCUT2D eigenvalue weighted by atomic mass is 10.1. The second-order valence-electron chi connectivity index (χ2n) is 3.83. The summed E-state index contributed by atoms with van der Waals surface area (Å²) < 4.78 is 0. The third-order valence-electron chi connectivity index (χ3n) is 2.10. The molecular formula is C12H18NOS+. The molecule has 0 aromatic heterocycles. The number of benzene rings is 1. The van der Waals surface area contributed by atoms with Gasteiger partial charge in [0.15, 0.2) is 5.75 Å². The summed E-state index contributed by atoms with van der Waals surface area (Å²) in [6, 6.07) is 10.1. The number of amides is 1. The first-order valence-electron chi connectivity index (χ1n) is 4.98. The highest BCUT2D eigenvalue weighted by molar-refractivity contribution is 7.96. The minimum atomic E-state index is 0.0993. The Morgan fingerprint density at radius 1 is 1.33 bits per heavy atom. The van der Waals surface area contributed by atoms with Crippen molar-refractivity contribution in [2.45, 2.75) is 13.0 Å². The van der Waals surface area contributed by atoms with Crippen molar-refractivity contribution in [2.75, 3.05) is 18.3 Å². The van der Waals surface area contributed by atoms with E-state index in [-0.39, 0.29) is 22.8 Å². The van der Waals surface area contributed by atoms with Crippen LogP contribution in [0.1, 0.15) is 18.5 Å². The molecule has 0 aliphatic heterocycles. The first-order valence-corrected chi connectivity index (χ1v) is 7.19. The summed E-state index contributed by atoms with van der Waals surface area (Å²) in [6.45, 7) is 2.01. The van der Waals surface area contributed by atoms with E-state index in [1.165, 1.54) is 0 Å². The van der Waals surface area contributed by atoms with Crippen LogP contribution >= 0.6 is 0 Å². The standard InChI is InChI=1S/C12H17NOS/c1-10(11-7-5-4-6-8-11)13-12(14)9-15(2)3/h4-8,10H,9H2,1-3H3/p+1/t10-/m0/s1. The fourth-order valence-electron chi connectivity index (χ4n) is 1.37. The van der Waals surface area contributed by atoms with E-state index >= 15 is 0 Å². The fourth-order valence-corrected chi connectivity index (χ4v) is 1.98. The number of hydrogen-bond acceptors (Lipinski definition) is 1. The van der Waals surface area contributed by atoms with Gasteiger partial charge in [0.05, 0.1) is 18.6 Å². The number of carbonyl (C=O) groups is 1. The van der Waals surface area contributed by atoms with Crippen molar-refractivity contribution >= 4 is 16.8 Å². The summed E-state index contributed by atoms with van der Waals surface area (Å²) >= 11 is 0. The predicted octanol–water partition coefficient (Wildman–Crippen LogP) is 1.74. The van der Waals surface area contributed by atoms with Crippen LogP contribution in [0.25, 0.3) is 0 Å². The Morgan fingerprint density at radius 3 is 2.47 bits per heavy atom. The Hall–Kier alpha value is -0.960. The molecule has 0 bridgehead atoms. The fraction of sp³-hybridized carbons (Fsp3) is 0.417. The van der Waals surface area contributed by atoms with Gasteiger partial charge in [-0.05, 0) is 23.4 Å². The maximum absolute atomic E-state index is 11.5. The average Bonchev–Trinajstić information content (AvgIpc) is 2.17. The summed E-state index contributed by atoms with van der Waals surface area (Å²) in [5.74, 6) is 0.761. The van der Waals surface area contributed by atoms with Crippen LogP contribution in [0, 0.1) is 0 Å². The highest BCUT2D eigenvalue weighted by Gasteiger charge is 2.14. The van der Waals surface area contributed by atoms with Gasteiger partial charge in [0, 0.05) is 0 Å². The molecule has 0 heterocycles. The lowest BCUT2D eigenvalue weighted by molar-refractivity contribution is -0.119. The Kier molecular flexibility index (Phi) is 4.69. The topological polar surface area (TPSA) is 29.1 Å². The van der Waals surface area contributed by atoms with Gasteiger partial charge in [-0.1, -0.05) is 30.3 Å². The SMILES string of the molecule is C[C@H](NC(=O)C[S+](C)C)c1ccccc1. The summed E-state index contributed by atoms with van der Waals surface area (Å²) in [5.41, 5.74) is 1.15. The van der Waals surface area contributed by atoms with Gasteiger partial charge in [-0.25, -0.2) is 0 Å².